The molecule has 0 spiro atoms. The van der Waals surface area contributed by atoms with Crippen molar-refractivity contribution >= 4 is 46.3 Å². The van der Waals surface area contributed by atoms with Crippen molar-refractivity contribution in [2.45, 2.75) is 44.3 Å². The summed E-state index contributed by atoms with van der Waals surface area (Å²) in [5.41, 5.74) is 3.41. The van der Waals surface area contributed by atoms with Gasteiger partial charge in [0.05, 0.1) is 10.7 Å². The number of halogens is 2. The standard InChI is InChI=1S/C23H22Cl2N4OS2/c1-4-29-21(15(3)30-20-11-17(24)9-10-19(20)25)27-28-23(29)32-13-18-12-31-22(26-18)16-7-5-14(2)6-8-16/h5-12,15H,4,13H2,1-3H3. The summed E-state index contributed by atoms with van der Waals surface area (Å²) in [6.45, 7) is 6.80. The van der Waals surface area contributed by atoms with Crippen molar-refractivity contribution in [3.8, 4) is 16.3 Å². The summed E-state index contributed by atoms with van der Waals surface area (Å²) >= 11 is 15.6. The van der Waals surface area contributed by atoms with E-state index in [0.29, 0.717) is 15.8 Å². The average molecular weight is 505 g/mol. The quantitative estimate of drug-likeness (QED) is 0.233. The van der Waals surface area contributed by atoms with Gasteiger partial charge < -0.3 is 9.30 Å². The smallest absolute Gasteiger partial charge is 0.191 e. The van der Waals surface area contributed by atoms with E-state index in [2.05, 4.69) is 58.3 Å². The van der Waals surface area contributed by atoms with Gasteiger partial charge in [0.15, 0.2) is 17.1 Å². The van der Waals surface area contributed by atoms with Gasteiger partial charge in [-0.3, -0.25) is 0 Å². The third-order valence-electron chi connectivity index (χ3n) is 4.82. The molecule has 4 aromatic rings. The molecule has 32 heavy (non-hydrogen) atoms. The largest absolute Gasteiger partial charge is 0.481 e. The van der Waals surface area contributed by atoms with Crippen molar-refractivity contribution in [2.24, 2.45) is 0 Å². The Morgan fingerprint density at radius 1 is 1.12 bits per heavy atom. The van der Waals surface area contributed by atoms with Crippen LogP contribution in [0.1, 0.15) is 37.0 Å². The fourth-order valence-corrected chi connectivity index (χ4v) is 5.31. The first-order valence-electron chi connectivity index (χ1n) is 10.1. The van der Waals surface area contributed by atoms with Gasteiger partial charge in [0, 0.05) is 34.3 Å². The summed E-state index contributed by atoms with van der Waals surface area (Å²) in [6.07, 6.45) is -0.333. The Morgan fingerprint density at radius 2 is 1.91 bits per heavy atom. The second kappa shape index (κ2) is 10.3. The van der Waals surface area contributed by atoms with Crippen LogP contribution in [0.5, 0.6) is 5.75 Å². The molecule has 0 radical (unpaired) electrons. The van der Waals surface area contributed by atoms with Crippen molar-refractivity contribution in [3.05, 3.63) is 75.0 Å². The number of aryl methyl sites for hydroxylation is 1. The Hall–Kier alpha value is -2.06. The Morgan fingerprint density at radius 3 is 2.66 bits per heavy atom. The van der Waals surface area contributed by atoms with E-state index in [4.69, 9.17) is 32.9 Å². The summed E-state index contributed by atoms with van der Waals surface area (Å²) < 4.78 is 8.09. The highest BCUT2D eigenvalue weighted by atomic mass is 35.5. The van der Waals surface area contributed by atoms with Gasteiger partial charge in [0.1, 0.15) is 10.8 Å². The van der Waals surface area contributed by atoms with Gasteiger partial charge in [-0.2, -0.15) is 0 Å². The molecule has 2 aromatic carbocycles. The zero-order valence-corrected chi connectivity index (χ0v) is 21.0. The number of hydrogen-bond donors (Lipinski definition) is 0. The number of aromatic nitrogens is 4. The molecule has 0 saturated carbocycles. The number of benzene rings is 2. The fraction of sp³-hybridized carbons (Fsp3) is 0.261. The van der Waals surface area contributed by atoms with Crippen LogP contribution in [0.3, 0.4) is 0 Å². The van der Waals surface area contributed by atoms with Gasteiger partial charge in [-0.1, -0.05) is 64.8 Å². The van der Waals surface area contributed by atoms with Crippen LogP contribution in [-0.4, -0.2) is 19.7 Å². The number of thioether (sulfide) groups is 1. The molecule has 0 bridgehead atoms. The lowest BCUT2D eigenvalue weighted by Gasteiger charge is -2.16. The van der Waals surface area contributed by atoms with Crippen molar-refractivity contribution in [1.82, 2.24) is 19.7 Å². The van der Waals surface area contributed by atoms with Crippen LogP contribution in [-0.2, 0) is 12.3 Å². The number of hydrogen-bond acceptors (Lipinski definition) is 6. The zero-order valence-electron chi connectivity index (χ0n) is 17.9. The Bertz CT molecular complexity index is 1210. The molecule has 0 aliphatic heterocycles. The highest BCUT2D eigenvalue weighted by Crippen LogP contribution is 2.33. The molecule has 0 aliphatic rings. The second-order valence-electron chi connectivity index (χ2n) is 7.22. The number of rotatable bonds is 8. The lowest BCUT2D eigenvalue weighted by Crippen LogP contribution is -2.12. The third-order valence-corrected chi connectivity index (χ3v) is 7.31. The first-order chi connectivity index (χ1) is 15.4. The van der Waals surface area contributed by atoms with Gasteiger partial charge in [-0.05, 0) is 32.9 Å². The normalized spacial score (nSPS) is 12.2. The predicted octanol–water partition coefficient (Wildman–Crippen LogP) is 7.47. The molecule has 0 fully saturated rings. The van der Waals surface area contributed by atoms with Crippen molar-refractivity contribution in [2.75, 3.05) is 0 Å². The van der Waals surface area contributed by atoms with Crippen LogP contribution in [0, 0.1) is 6.92 Å². The van der Waals surface area contributed by atoms with Crippen molar-refractivity contribution in [3.63, 3.8) is 0 Å². The van der Waals surface area contributed by atoms with Crippen molar-refractivity contribution in [1.29, 1.82) is 0 Å². The SMILES string of the molecule is CCn1c(SCc2csc(-c3ccc(C)cc3)n2)nnc1C(C)Oc1cc(Cl)ccc1Cl. The van der Waals surface area contributed by atoms with E-state index < -0.39 is 0 Å². The van der Waals surface area contributed by atoms with Crippen LogP contribution in [0.15, 0.2) is 53.0 Å². The van der Waals surface area contributed by atoms with Crippen LogP contribution < -0.4 is 4.74 Å². The van der Waals surface area contributed by atoms with Gasteiger partial charge in [0.25, 0.3) is 0 Å². The molecule has 2 heterocycles. The van der Waals surface area contributed by atoms with E-state index in [0.717, 1.165) is 39.5 Å². The minimum atomic E-state index is -0.333. The lowest BCUT2D eigenvalue weighted by atomic mass is 10.2. The van der Waals surface area contributed by atoms with Gasteiger partial charge in [-0.25, -0.2) is 4.98 Å². The molecular formula is C23H22Cl2N4OS2. The van der Waals surface area contributed by atoms with E-state index in [-0.39, 0.29) is 6.10 Å². The minimum absolute atomic E-state index is 0.333. The van der Waals surface area contributed by atoms with Crippen LogP contribution >= 0.6 is 46.3 Å². The summed E-state index contributed by atoms with van der Waals surface area (Å²) in [5, 5.41) is 13.8. The summed E-state index contributed by atoms with van der Waals surface area (Å²) in [6, 6.07) is 13.6. The Labute approximate surface area is 205 Å². The number of nitrogens with zero attached hydrogens (tertiary/aromatic N) is 4. The molecule has 0 aliphatic carbocycles. The number of ether oxygens (including phenoxy) is 1. The first kappa shape index (κ1) is 23.1. The van der Waals surface area contributed by atoms with E-state index in [1.54, 1.807) is 41.3 Å². The van der Waals surface area contributed by atoms with Gasteiger partial charge >= 0.3 is 0 Å². The maximum Gasteiger partial charge on any atom is 0.191 e. The first-order valence-corrected chi connectivity index (χ1v) is 12.8. The van der Waals surface area contributed by atoms with Crippen molar-refractivity contribution < 1.29 is 4.74 Å². The summed E-state index contributed by atoms with van der Waals surface area (Å²) in [7, 11) is 0. The molecule has 4 rings (SSSR count). The monoisotopic (exact) mass is 504 g/mol. The van der Waals surface area contributed by atoms with Crippen LogP contribution in [0.4, 0.5) is 0 Å². The molecule has 5 nitrogen and oxygen atoms in total. The summed E-state index contributed by atoms with van der Waals surface area (Å²) in [5.74, 6) is 1.98. The van der Waals surface area contributed by atoms with Crippen LogP contribution in [0.2, 0.25) is 10.0 Å². The van der Waals surface area contributed by atoms with Gasteiger partial charge in [0.2, 0.25) is 0 Å². The highest BCUT2D eigenvalue weighted by molar-refractivity contribution is 7.98. The van der Waals surface area contributed by atoms with E-state index in [9.17, 15) is 0 Å². The second-order valence-corrected chi connectivity index (χ2v) is 9.86. The molecule has 2 aromatic heterocycles. The molecule has 166 valence electrons. The Balaban J connectivity index is 1.45. The average Bonchev–Trinajstić information content (AvgIpc) is 3.42. The molecule has 9 heteroatoms. The number of thiazole rings is 1. The third kappa shape index (κ3) is 5.29. The maximum atomic E-state index is 6.24. The van der Waals surface area contributed by atoms with Crippen LogP contribution in [0.25, 0.3) is 10.6 Å². The minimum Gasteiger partial charge on any atom is -0.481 e. The van der Waals surface area contributed by atoms with E-state index in [1.807, 2.05) is 6.92 Å². The molecule has 0 saturated heterocycles. The zero-order chi connectivity index (χ0) is 22.7. The predicted molar refractivity (Wildman–Crippen MR) is 133 cm³/mol. The molecule has 1 atom stereocenters. The van der Waals surface area contributed by atoms with E-state index >= 15 is 0 Å². The molecule has 1 unspecified atom stereocenters. The lowest BCUT2D eigenvalue weighted by molar-refractivity contribution is 0.210. The summed E-state index contributed by atoms with van der Waals surface area (Å²) in [4.78, 5) is 4.78. The highest BCUT2D eigenvalue weighted by Gasteiger charge is 2.20. The van der Waals surface area contributed by atoms with Gasteiger partial charge in [-0.15, -0.1) is 21.5 Å². The molecule has 0 amide bonds. The fourth-order valence-electron chi connectivity index (χ4n) is 3.16. The topological polar surface area (TPSA) is 52.8 Å². The molecular weight excluding hydrogens is 483 g/mol. The maximum absolute atomic E-state index is 6.24. The Kier molecular flexibility index (Phi) is 7.40. The molecule has 0 N–H and O–H groups in total. The van der Waals surface area contributed by atoms with E-state index in [1.165, 1.54) is 5.56 Å².